The monoisotopic (exact) mass is 663 g/mol. The van der Waals surface area contributed by atoms with Crippen LogP contribution in [0.5, 0.6) is 0 Å². The maximum Gasteiger partial charge on any atom is 0.0471 e. The minimum Gasteiger partial charge on any atom is -0.310 e. The van der Waals surface area contributed by atoms with Gasteiger partial charge >= 0.3 is 0 Å². The summed E-state index contributed by atoms with van der Waals surface area (Å²) >= 11 is 0. The lowest BCUT2D eigenvalue weighted by molar-refractivity contribution is 0.420. The molecule has 51 heavy (non-hydrogen) atoms. The number of benzene rings is 6. The van der Waals surface area contributed by atoms with Crippen LogP contribution in [0.4, 0.5) is 17.1 Å². The summed E-state index contributed by atoms with van der Waals surface area (Å²) in [7, 11) is 0. The molecule has 4 aliphatic carbocycles. The largest absolute Gasteiger partial charge is 0.310 e. The highest BCUT2D eigenvalue weighted by Crippen LogP contribution is 2.56. The van der Waals surface area contributed by atoms with Crippen LogP contribution in [-0.2, 0) is 5.41 Å². The van der Waals surface area contributed by atoms with E-state index in [1.165, 1.54) is 125 Å². The Morgan fingerprint density at radius 3 is 2.14 bits per heavy atom. The Kier molecular flexibility index (Phi) is 7.49. The summed E-state index contributed by atoms with van der Waals surface area (Å²) in [6.45, 7) is 4.84. The third-order valence-corrected chi connectivity index (χ3v) is 13.5. The average Bonchev–Trinajstić information content (AvgIpc) is 3.88. The molecule has 0 spiro atoms. The molecule has 0 amide bonds. The molecule has 6 aromatic rings. The predicted molar refractivity (Wildman–Crippen MR) is 216 cm³/mol. The molecule has 0 radical (unpaired) electrons. The standard InChI is InChI=1S/C50H49N/c1-50(2)47-18-9-8-17-44(47)49-46(40-22-21-35-13-6-7-14-37(35)29-40)31-43(32-48(49)50)51(42-16-10-15-38(30-42)34-11-4-3-5-12-34)41-25-23-36(24-26-41)45-28-33-19-20-39(45)27-33/h6-10,13-18,21-26,29-34,39,45H,3-5,11-12,19-20,27-28H2,1-2H3. The van der Waals surface area contributed by atoms with Gasteiger partial charge in [0.1, 0.15) is 0 Å². The molecule has 10 rings (SSSR count). The Hall–Kier alpha value is -4.62. The molecule has 3 fully saturated rings. The second-order valence-electron chi connectivity index (χ2n) is 16.8. The van der Waals surface area contributed by atoms with Crippen molar-refractivity contribution in [2.24, 2.45) is 11.8 Å². The summed E-state index contributed by atoms with van der Waals surface area (Å²) in [6.07, 6.45) is 12.4. The highest BCUT2D eigenvalue weighted by molar-refractivity contribution is 5.98. The molecule has 0 aliphatic heterocycles. The van der Waals surface area contributed by atoms with Crippen molar-refractivity contribution in [2.45, 2.75) is 88.9 Å². The van der Waals surface area contributed by atoms with Gasteiger partial charge in [-0.15, -0.1) is 0 Å². The van der Waals surface area contributed by atoms with E-state index < -0.39 is 0 Å². The predicted octanol–water partition coefficient (Wildman–Crippen LogP) is 14.2. The second-order valence-corrected chi connectivity index (χ2v) is 16.8. The van der Waals surface area contributed by atoms with E-state index in [1.54, 1.807) is 5.56 Å². The van der Waals surface area contributed by atoms with Crippen molar-refractivity contribution in [3.63, 3.8) is 0 Å². The summed E-state index contributed by atoms with van der Waals surface area (Å²) in [4.78, 5) is 2.57. The zero-order valence-corrected chi connectivity index (χ0v) is 30.2. The van der Waals surface area contributed by atoms with Crippen LogP contribution in [0.2, 0.25) is 0 Å². The third kappa shape index (κ3) is 5.26. The molecule has 0 aromatic heterocycles. The van der Waals surface area contributed by atoms with Gasteiger partial charge in [0.2, 0.25) is 0 Å². The van der Waals surface area contributed by atoms with Crippen molar-refractivity contribution >= 4 is 27.8 Å². The lowest BCUT2D eigenvalue weighted by Gasteiger charge is -2.31. The molecule has 1 nitrogen and oxygen atoms in total. The van der Waals surface area contributed by atoms with Crippen LogP contribution in [0.3, 0.4) is 0 Å². The molecule has 4 aliphatic rings. The van der Waals surface area contributed by atoms with E-state index in [-0.39, 0.29) is 5.41 Å². The fourth-order valence-corrected chi connectivity index (χ4v) is 10.8. The lowest BCUT2D eigenvalue weighted by Crippen LogP contribution is -2.17. The molecule has 0 saturated heterocycles. The molecule has 3 unspecified atom stereocenters. The first-order valence-corrected chi connectivity index (χ1v) is 19.8. The summed E-state index contributed by atoms with van der Waals surface area (Å²) in [5.74, 6) is 3.22. The Morgan fingerprint density at radius 1 is 0.529 bits per heavy atom. The Bertz CT molecular complexity index is 2250. The van der Waals surface area contributed by atoms with Crippen molar-refractivity contribution in [3.05, 3.63) is 150 Å². The molecule has 0 N–H and O–H groups in total. The normalized spacial score (nSPS) is 21.9. The number of fused-ring (bicyclic) bond motifs is 6. The zero-order chi connectivity index (χ0) is 34.1. The van der Waals surface area contributed by atoms with Gasteiger partial charge in [0.15, 0.2) is 0 Å². The van der Waals surface area contributed by atoms with Crippen molar-refractivity contribution in [1.82, 2.24) is 0 Å². The highest BCUT2D eigenvalue weighted by Gasteiger charge is 2.40. The Labute approximate surface area is 304 Å². The number of anilines is 3. The highest BCUT2D eigenvalue weighted by atomic mass is 15.1. The third-order valence-electron chi connectivity index (χ3n) is 13.5. The summed E-state index contributed by atoms with van der Waals surface area (Å²) in [6, 6.07) is 49.3. The first kappa shape index (κ1) is 31.1. The fourth-order valence-electron chi connectivity index (χ4n) is 10.8. The van der Waals surface area contributed by atoms with E-state index in [4.69, 9.17) is 0 Å². The van der Waals surface area contributed by atoms with Gasteiger partial charge in [0.05, 0.1) is 0 Å². The summed E-state index contributed by atoms with van der Waals surface area (Å²) < 4.78 is 0. The summed E-state index contributed by atoms with van der Waals surface area (Å²) in [5, 5.41) is 2.57. The first-order valence-electron chi connectivity index (χ1n) is 19.8. The molecular formula is C50H49N. The van der Waals surface area contributed by atoms with Gasteiger partial charge in [-0.25, -0.2) is 0 Å². The van der Waals surface area contributed by atoms with Crippen molar-refractivity contribution in [3.8, 4) is 22.3 Å². The van der Waals surface area contributed by atoms with E-state index in [0.29, 0.717) is 5.92 Å². The maximum atomic E-state index is 2.57. The molecule has 3 atom stereocenters. The van der Waals surface area contributed by atoms with Crippen LogP contribution in [-0.4, -0.2) is 0 Å². The van der Waals surface area contributed by atoms with Crippen LogP contribution in [0.1, 0.15) is 106 Å². The van der Waals surface area contributed by atoms with Gasteiger partial charge in [-0.05, 0) is 154 Å². The summed E-state index contributed by atoms with van der Waals surface area (Å²) in [5.41, 5.74) is 14.9. The van der Waals surface area contributed by atoms with E-state index in [9.17, 15) is 0 Å². The SMILES string of the molecule is CC1(C)c2ccccc2-c2c(-c3ccc4ccccc4c3)cc(N(c3ccc(C4CC5CCC4C5)cc3)c3cccc(C4CCCCC4)c3)cc21. The Morgan fingerprint density at radius 2 is 1.33 bits per heavy atom. The molecule has 254 valence electrons. The molecule has 1 heteroatoms. The molecule has 6 aromatic carbocycles. The van der Waals surface area contributed by atoms with Crippen LogP contribution in [0.25, 0.3) is 33.0 Å². The number of rotatable bonds is 6. The minimum atomic E-state index is -0.116. The quantitative estimate of drug-likeness (QED) is 0.171. The van der Waals surface area contributed by atoms with Gasteiger partial charge in [0, 0.05) is 22.5 Å². The van der Waals surface area contributed by atoms with Gasteiger partial charge < -0.3 is 4.90 Å². The smallest absolute Gasteiger partial charge is 0.0471 e. The van der Waals surface area contributed by atoms with Crippen LogP contribution in [0, 0.1) is 11.8 Å². The zero-order valence-electron chi connectivity index (χ0n) is 30.2. The van der Waals surface area contributed by atoms with E-state index >= 15 is 0 Å². The van der Waals surface area contributed by atoms with Gasteiger partial charge in [-0.1, -0.05) is 124 Å². The van der Waals surface area contributed by atoms with Gasteiger partial charge in [-0.2, -0.15) is 0 Å². The van der Waals surface area contributed by atoms with E-state index in [2.05, 4.69) is 146 Å². The topological polar surface area (TPSA) is 3.24 Å². The average molecular weight is 664 g/mol. The molecule has 3 saturated carbocycles. The maximum absolute atomic E-state index is 2.57. The van der Waals surface area contributed by atoms with Gasteiger partial charge in [-0.3, -0.25) is 0 Å². The van der Waals surface area contributed by atoms with Crippen LogP contribution in [0.15, 0.2) is 127 Å². The molecule has 0 heterocycles. The van der Waals surface area contributed by atoms with Crippen LogP contribution < -0.4 is 4.90 Å². The van der Waals surface area contributed by atoms with E-state index in [1.807, 2.05) is 0 Å². The minimum absolute atomic E-state index is 0.116. The first-order chi connectivity index (χ1) is 25.0. The van der Waals surface area contributed by atoms with Gasteiger partial charge in [0.25, 0.3) is 0 Å². The number of hydrogen-bond donors (Lipinski definition) is 0. The Balaban J connectivity index is 1.17. The number of hydrogen-bond acceptors (Lipinski definition) is 1. The van der Waals surface area contributed by atoms with Crippen molar-refractivity contribution in [2.75, 3.05) is 4.90 Å². The van der Waals surface area contributed by atoms with Crippen LogP contribution >= 0.6 is 0 Å². The van der Waals surface area contributed by atoms with Crippen molar-refractivity contribution in [1.29, 1.82) is 0 Å². The molecule has 2 bridgehead atoms. The lowest BCUT2D eigenvalue weighted by atomic mass is 9.81. The number of nitrogens with zero attached hydrogens (tertiary/aromatic N) is 1. The molecular weight excluding hydrogens is 615 g/mol. The van der Waals surface area contributed by atoms with E-state index in [0.717, 1.165) is 17.8 Å². The second kappa shape index (κ2) is 12.3. The fraction of sp³-hybridized carbons (Fsp3) is 0.320. The van der Waals surface area contributed by atoms with Crippen molar-refractivity contribution < 1.29 is 0 Å².